The maximum atomic E-state index is 13.6. The van der Waals surface area contributed by atoms with Gasteiger partial charge in [0.2, 0.25) is 0 Å². The van der Waals surface area contributed by atoms with Crippen LogP contribution in [0.1, 0.15) is 23.6 Å². The molecule has 0 saturated carbocycles. The van der Waals surface area contributed by atoms with Crippen LogP contribution in [0.25, 0.3) is 5.69 Å². The van der Waals surface area contributed by atoms with Gasteiger partial charge >= 0.3 is 0 Å². The summed E-state index contributed by atoms with van der Waals surface area (Å²) in [6.07, 6.45) is 4.72. The smallest absolute Gasteiger partial charge is 0.123 e. The molecular weight excluding hydrogens is 321 g/mol. The zero-order chi connectivity index (χ0) is 16.4. The normalized spacial score (nSPS) is 16.8. The highest BCUT2D eigenvalue weighted by Crippen LogP contribution is 2.36. The van der Waals surface area contributed by atoms with Gasteiger partial charge < -0.3 is 5.32 Å². The second-order valence-electron chi connectivity index (χ2n) is 5.87. The molecule has 1 aliphatic heterocycles. The summed E-state index contributed by atoms with van der Waals surface area (Å²) in [6, 6.07) is 15.6. The zero-order valence-electron chi connectivity index (χ0n) is 13.2. The molecule has 0 bridgehead atoms. The second-order valence-corrected chi connectivity index (χ2v) is 7.01. The summed E-state index contributed by atoms with van der Waals surface area (Å²) in [4.78, 5) is 1.19. The van der Waals surface area contributed by atoms with E-state index in [1.165, 1.54) is 10.5 Å². The lowest BCUT2D eigenvalue weighted by Gasteiger charge is -2.26. The van der Waals surface area contributed by atoms with E-state index in [-0.39, 0.29) is 11.9 Å². The summed E-state index contributed by atoms with van der Waals surface area (Å²) < 4.78 is 15.4. The Hall–Kier alpha value is -2.11. The van der Waals surface area contributed by atoms with Gasteiger partial charge in [-0.25, -0.2) is 9.07 Å². The van der Waals surface area contributed by atoms with Gasteiger partial charge in [-0.15, -0.1) is 11.8 Å². The highest BCUT2D eigenvalue weighted by Gasteiger charge is 2.20. The number of benzene rings is 2. The lowest BCUT2D eigenvalue weighted by atomic mass is 10.0. The maximum absolute atomic E-state index is 13.6. The molecular formula is C19H18FN3S. The minimum absolute atomic E-state index is 0.161. The van der Waals surface area contributed by atoms with Crippen LogP contribution in [0.4, 0.5) is 4.39 Å². The largest absolute Gasteiger partial charge is 0.306 e. The number of nitrogens with zero attached hydrogens (tertiary/aromatic N) is 2. The number of aromatic nitrogens is 2. The summed E-state index contributed by atoms with van der Waals surface area (Å²) in [5, 5.41) is 7.81. The van der Waals surface area contributed by atoms with E-state index in [2.05, 4.69) is 34.7 Å². The molecule has 1 aromatic heterocycles. The zero-order valence-corrected chi connectivity index (χ0v) is 14.0. The Labute approximate surface area is 144 Å². The third-order valence-electron chi connectivity index (χ3n) is 4.27. The molecule has 1 atom stereocenters. The maximum Gasteiger partial charge on any atom is 0.123 e. The van der Waals surface area contributed by atoms with E-state index in [1.807, 2.05) is 23.0 Å². The Balaban J connectivity index is 1.45. The monoisotopic (exact) mass is 339 g/mol. The standard InChI is InChI=1S/C19H18FN3S/c20-15-4-7-19-17(12-15)18(8-11-24-19)21-13-14-2-5-16(6-3-14)23-10-1-9-22-23/h1-7,9-10,12,18,21H,8,11,13H2. The van der Waals surface area contributed by atoms with E-state index in [0.717, 1.165) is 30.0 Å². The Kier molecular flexibility index (Phi) is 4.36. The van der Waals surface area contributed by atoms with Crippen LogP contribution in [-0.2, 0) is 6.54 Å². The first-order valence-electron chi connectivity index (χ1n) is 8.04. The summed E-state index contributed by atoms with van der Waals surface area (Å²) >= 11 is 1.81. The summed E-state index contributed by atoms with van der Waals surface area (Å²) in [6.45, 7) is 0.769. The van der Waals surface area contributed by atoms with Crippen LogP contribution in [-0.4, -0.2) is 15.5 Å². The first kappa shape index (κ1) is 15.4. The van der Waals surface area contributed by atoms with E-state index < -0.39 is 0 Å². The summed E-state index contributed by atoms with van der Waals surface area (Å²) in [5.74, 6) is 0.903. The van der Waals surface area contributed by atoms with Crippen LogP contribution in [0.3, 0.4) is 0 Å². The molecule has 1 aliphatic rings. The molecule has 1 N–H and O–H groups in total. The van der Waals surface area contributed by atoms with Gasteiger partial charge in [0, 0.05) is 29.9 Å². The van der Waals surface area contributed by atoms with Gasteiger partial charge in [-0.1, -0.05) is 12.1 Å². The van der Waals surface area contributed by atoms with Gasteiger partial charge in [-0.05, 0) is 59.7 Å². The molecule has 2 aromatic carbocycles. The van der Waals surface area contributed by atoms with E-state index in [1.54, 1.807) is 30.1 Å². The third kappa shape index (κ3) is 3.23. The molecule has 122 valence electrons. The second kappa shape index (κ2) is 6.79. The van der Waals surface area contributed by atoms with Crippen molar-refractivity contribution in [2.45, 2.75) is 23.9 Å². The van der Waals surface area contributed by atoms with Crippen molar-refractivity contribution in [2.24, 2.45) is 0 Å². The lowest BCUT2D eigenvalue weighted by molar-refractivity contribution is 0.504. The number of thioether (sulfide) groups is 1. The van der Waals surface area contributed by atoms with Crippen LogP contribution in [0.2, 0.25) is 0 Å². The molecule has 5 heteroatoms. The van der Waals surface area contributed by atoms with Crippen molar-refractivity contribution in [3.8, 4) is 5.69 Å². The molecule has 3 nitrogen and oxygen atoms in total. The van der Waals surface area contributed by atoms with E-state index in [0.29, 0.717) is 0 Å². The highest BCUT2D eigenvalue weighted by atomic mass is 32.2. The minimum atomic E-state index is -0.161. The molecule has 3 aromatic rings. The lowest BCUT2D eigenvalue weighted by Crippen LogP contribution is -2.24. The number of nitrogens with one attached hydrogen (secondary N) is 1. The molecule has 4 rings (SSSR count). The Morgan fingerprint density at radius 1 is 1.21 bits per heavy atom. The number of hydrogen-bond donors (Lipinski definition) is 1. The quantitative estimate of drug-likeness (QED) is 0.767. The Bertz CT molecular complexity index is 815. The molecule has 0 spiro atoms. The van der Waals surface area contributed by atoms with Crippen molar-refractivity contribution in [2.75, 3.05) is 5.75 Å². The van der Waals surface area contributed by atoms with Crippen molar-refractivity contribution in [1.82, 2.24) is 15.1 Å². The molecule has 0 saturated heterocycles. The average molecular weight is 339 g/mol. The van der Waals surface area contributed by atoms with Crippen LogP contribution in [0.5, 0.6) is 0 Å². The van der Waals surface area contributed by atoms with Crippen LogP contribution >= 0.6 is 11.8 Å². The minimum Gasteiger partial charge on any atom is -0.306 e. The fourth-order valence-electron chi connectivity index (χ4n) is 3.01. The van der Waals surface area contributed by atoms with E-state index in [4.69, 9.17) is 0 Å². The van der Waals surface area contributed by atoms with Crippen LogP contribution in [0, 0.1) is 5.82 Å². The van der Waals surface area contributed by atoms with Gasteiger partial charge in [-0.2, -0.15) is 5.10 Å². The molecule has 0 fully saturated rings. The SMILES string of the molecule is Fc1ccc2c(c1)C(NCc1ccc(-n3cccn3)cc1)CCS2. The van der Waals surface area contributed by atoms with Gasteiger partial charge in [-0.3, -0.25) is 0 Å². The topological polar surface area (TPSA) is 29.9 Å². The fourth-order valence-corrected chi connectivity index (χ4v) is 4.11. The molecule has 2 heterocycles. The highest BCUT2D eigenvalue weighted by molar-refractivity contribution is 7.99. The molecule has 24 heavy (non-hydrogen) atoms. The average Bonchev–Trinajstić information content (AvgIpc) is 3.15. The predicted molar refractivity (Wildman–Crippen MR) is 94.9 cm³/mol. The Morgan fingerprint density at radius 2 is 2.08 bits per heavy atom. The number of rotatable bonds is 4. The van der Waals surface area contributed by atoms with Gasteiger partial charge in [0.05, 0.1) is 5.69 Å². The van der Waals surface area contributed by atoms with Crippen LogP contribution < -0.4 is 5.32 Å². The Morgan fingerprint density at radius 3 is 2.88 bits per heavy atom. The molecule has 0 aliphatic carbocycles. The van der Waals surface area contributed by atoms with Gasteiger partial charge in [0.15, 0.2) is 0 Å². The van der Waals surface area contributed by atoms with Crippen molar-refractivity contribution in [3.63, 3.8) is 0 Å². The van der Waals surface area contributed by atoms with Crippen molar-refractivity contribution >= 4 is 11.8 Å². The number of fused-ring (bicyclic) bond motifs is 1. The first-order chi connectivity index (χ1) is 11.8. The summed E-state index contributed by atoms with van der Waals surface area (Å²) in [5.41, 5.74) is 3.34. The number of hydrogen-bond acceptors (Lipinski definition) is 3. The summed E-state index contributed by atoms with van der Waals surface area (Å²) in [7, 11) is 0. The third-order valence-corrected chi connectivity index (χ3v) is 5.39. The molecule has 1 unspecified atom stereocenters. The molecule has 0 amide bonds. The number of halogens is 1. The van der Waals surface area contributed by atoms with Crippen molar-refractivity contribution < 1.29 is 4.39 Å². The van der Waals surface area contributed by atoms with Gasteiger partial charge in [0.25, 0.3) is 0 Å². The molecule has 0 radical (unpaired) electrons. The van der Waals surface area contributed by atoms with Gasteiger partial charge in [0.1, 0.15) is 5.82 Å². The predicted octanol–water partition coefficient (Wildman–Crippen LogP) is 4.34. The fraction of sp³-hybridized carbons (Fsp3) is 0.211. The van der Waals surface area contributed by atoms with Crippen LogP contribution in [0.15, 0.2) is 65.8 Å². The van der Waals surface area contributed by atoms with E-state index >= 15 is 0 Å². The van der Waals surface area contributed by atoms with Crippen molar-refractivity contribution in [3.05, 3.63) is 77.9 Å². The van der Waals surface area contributed by atoms with Crippen molar-refractivity contribution in [1.29, 1.82) is 0 Å². The first-order valence-corrected chi connectivity index (χ1v) is 9.03. The van der Waals surface area contributed by atoms with E-state index in [9.17, 15) is 4.39 Å².